The molecule has 150 valence electrons. The fourth-order valence-electron chi connectivity index (χ4n) is 3.36. The first-order chi connectivity index (χ1) is 13.5. The van der Waals surface area contributed by atoms with Gasteiger partial charge in [0.15, 0.2) is 6.61 Å². The predicted molar refractivity (Wildman–Crippen MR) is 107 cm³/mol. The van der Waals surface area contributed by atoms with Crippen LogP contribution in [-0.4, -0.2) is 35.3 Å². The van der Waals surface area contributed by atoms with Gasteiger partial charge in [0.2, 0.25) is 0 Å². The molecule has 0 amide bonds. The molecule has 6 heteroatoms. The molecular formula is C22H27NO5. The smallest absolute Gasteiger partial charge is 0.341 e. The number of carbonyl (C=O) groups is 2. The van der Waals surface area contributed by atoms with Crippen molar-refractivity contribution in [2.24, 2.45) is 5.73 Å². The van der Waals surface area contributed by atoms with Gasteiger partial charge in [0.05, 0.1) is 0 Å². The van der Waals surface area contributed by atoms with Crippen LogP contribution in [0, 0.1) is 0 Å². The minimum Gasteiger partial charge on any atom is -0.481 e. The van der Waals surface area contributed by atoms with E-state index in [1.54, 1.807) is 12.1 Å². The first kappa shape index (κ1) is 21.4. The quantitative estimate of drug-likeness (QED) is 0.481. The van der Waals surface area contributed by atoms with E-state index >= 15 is 0 Å². The van der Waals surface area contributed by atoms with E-state index in [1.807, 2.05) is 18.2 Å². The number of benzene rings is 2. The van der Waals surface area contributed by atoms with Crippen LogP contribution in [0.5, 0.6) is 5.75 Å². The van der Waals surface area contributed by atoms with E-state index in [2.05, 4.69) is 12.1 Å². The number of rotatable bonds is 12. The Morgan fingerprint density at radius 2 is 1.71 bits per heavy atom. The number of aryl methyl sites for hydroxylation is 1. The molecule has 0 radical (unpaired) electrons. The summed E-state index contributed by atoms with van der Waals surface area (Å²) in [4.78, 5) is 22.5. The summed E-state index contributed by atoms with van der Waals surface area (Å²) >= 11 is 0. The lowest BCUT2D eigenvalue weighted by atomic mass is 9.88. The van der Waals surface area contributed by atoms with Gasteiger partial charge in [-0.2, -0.15) is 0 Å². The Morgan fingerprint density at radius 3 is 2.36 bits per heavy atom. The number of para-hydroxylation sites is 1. The molecule has 1 unspecified atom stereocenters. The number of unbranched alkanes of at least 4 members (excludes halogenated alkanes) is 1. The fourth-order valence-corrected chi connectivity index (χ4v) is 3.36. The minimum absolute atomic E-state index is 0.0175. The molecule has 0 bridgehead atoms. The summed E-state index contributed by atoms with van der Waals surface area (Å²) in [7, 11) is 0. The van der Waals surface area contributed by atoms with Gasteiger partial charge in [-0.1, -0.05) is 48.9 Å². The van der Waals surface area contributed by atoms with Gasteiger partial charge < -0.3 is 20.7 Å². The molecule has 0 fully saturated rings. The Bertz CT molecular complexity index is 776. The van der Waals surface area contributed by atoms with Crippen LogP contribution in [0.25, 0.3) is 0 Å². The van der Waals surface area contributed by atoms with Crippen LogP contribution in [0.2, 0.25) is 0 Å². The highest BCUT2D eigenvalue weighted by atomic mass is 16.5. The number of aromatic carboxylic acids is 1. The normalized spacial score (nSPS) is 11.8. The molecule has 0 aliphatic carbocycles. The first-order valence-electron chi connectivity index (χ1n) is 9.47. The zero-order chi connectivity index (χ0) is 20.4. The molecule has 2 aromatic carbocycles. The number of ether oxygens (including phenoxy) is 1. The van der Waals surface area contributed by atoms with Crippen LogP contribution in [0.1, 0.15) is 53.1 Å². The Hall–Kier alpha value is -2.86. The average molecular weight is 385 g/mol. The van der Waals surface area contributed by atoms with Gasteiger partial charge >= 0.3 is 11.9 Å². The lowest BCUT2D eigenvalue weighted by Gasteiger charge is -2.21. The zero-order valence-corrected chi connectivity index (χ0v) is 15.8. The first-order valence-corrected chi connectivity index (χ1v) is 9.47. The third-order valence-corrected chi connectivity index (χ3v) is 4.68. The minimum atomic E-state index is -1.15. The summed E-state index contributed by atoms with van der Waals surface area (Å²) in [6.45, 7) is -0.125. The summed E-state index contributed by atoms with van der Waals surface area (Å²) in [6, 6.07) is 15.1. The van der Waals surface area contributed by atoms with Crippen LogP contribution in [0.3, 0.4) is 0 Å². The highest BCUT2D eigenvalue weighted by Gasteiger charge is 2.22. The third-order valence-electron chi connectivity index (χ3n) is 4.68. The maximum atomic E-state index is 11.6. The molecule has 2 aromatic rings. The number of carboxylic acid groups (broad SMARTS) is 2. The van der Waals surface area contributed by atoms with Crippen molar-refractivity contribution in [3.63, 3.8) is 0 Å². The maximum absolute atomic E-state index is 11.6. The summed E-state index contributed by atoms with van der Waals surface area (Å²) in [5, 5.41) is 18.4. The van der Waals surface area contributed by atoms with Gasteiger partial charge in [-0.3, -0.25) is 0 Å². The van der Waals surface area contributed by atoms with Gasteiger partial charge in [-0.05, 0) is 55.3 Å². The Kier molecular flexibility index (Phi) is 8.49. The number of aliphatic carboxylic acids is 1. The average Bonchev–Trinajstić information content (AvgIpc) is 2.69. The molecule has 6 nitrogen and oxygen atoms in total. The maximum Gasteiger partial charge on any atom is 0.341 e. The topological polar surface area (TPSA) is 110 Å². The van der Waals surface area contributed by atoms with Gasteiger partial charge in [-0.15, -0.1) is 0 Å². The van der Waals surface area contributed by atoms with Crippen molar-refractivity contribution < 1.29 is 24.5 Å². The molecule has 2 rings (SSSR count). The molecule has 4 N–H and O–H groups in total. The Morgan fingerprint density at radius 1 is 0.964 bits per heavy atom. The van der Waals surface area contributed by atoms with E-state index < -0.39 is 18.5 Å². The predicted octanol–water partition coefficient (Wildman–Crippen LogP) is 3.69. The summed E-state index contributed by atoms with van der Waals surface area (Å²) in [6.07, 6.45) is 4.45. The van der Waals surface area contributed by atoms with Gasteiger partial charge in [0.25, 0.3) is 0 Å². The van der Waals surface area contributed by atoms with E-state index in [9.17, 15) is 14.7 Å². The van der Waals surface area contributed by atoms with E-state index in [4.69, 9.17) is 15.6 Å². The van der Waals surface area contributed by atoms with Crippen molar-refractivity contribution in [3.8, 4) is 5.75 Å². The molecule has 0 spiro atoms. The second-order valence-electron chi connectivity index (χ2n) is 6.72. The Labute approximate surface area is 165 Å². The molecule has 0 aliphatic heterocycles. The van der Waals surface area contributed by atoms with E-state index in [-0.39, 0.29) is 17.2 Å². The van der Waals surface area contributed by atoms with E-state index in [0.29, 0.717) is 18.5 Å². The van der Waals surface area contributed by atoms with Crippen molar-refractivity contribution in [1.82, 2.24) is 0 Å². The fraction of sp³-hybridized carbons (Fsp3) is 0.364. The highest BCUT2D eigenvalue weighted by molar-refractivity contribution is 5.91. The van der Waals surface area contributed by atoms with Crippen LogP contribution in [0.15, 0.2) is 48.5 Å². The monoisotopic (exact) mass is 385 g/mol. The van der Waals surface area contributed by atoms with E-state index in [0.717, 1.165) is 25.7 Å². The lowest BCUT2D eigenvalue weighted by Crippen LogP contribution is -2.16. The number of carboxylic acids is 2. The number of hydrogen-bond acceptors (Lipinski definition) is 4. The van der Waals surface area contributed by atoms with Crippen molar-refractivity contribution in [1.29, 1.82) is 0 Å². The largest absolute Gasteiger partial charge is 0.481 e. The molecule has 28 heavy (non-hydrogen) atoms. The molecule has 0 aliphatic rings. The Balaban J connectivity index is 2.13. The van der Waals surface area contributed by atoms with Gasteiger partial charge in [0, 0.05) is 0 Å². The molecule has 0 saturated heterocycles. The van der Waals surface area contributed by atoms with E-state index in [1.165, 1.54) is 11.6 Å². The summed E-state index contributed by atoms with van der Waals surface area (Å²) < 4.78 is 5.37. The SMILES string of the molecule is NCCC(CCCCc1ccccc1)c1cccc(C(=O)O)c1OCC(=O)O. The van der Waals surface area contributed by atoms with Crippen molar-refractivity contribution in [2.75, 3.05) is 13.2 Å². The summed E-state index contributed by atoms with van der Waals surface area (Å²) in [5.74, 6) is -2.13. The second kappa shape index (κ2) is 11.1. The number of hydrogen-bond donors (Lipinski definition) is 3. The van der Waals surface area contributed by atoms with Crippen molar-refractivity contribution >= 4 is 11.9 Å². The molecular weight excluding hydrogens is 358 g/mol. The number of nitrogens with two attached hydrogens (primary N) is 1. The molecule has 0 heterocycles. The third kappa shape index (κ3) is 6.39. The lowest BCUT2D eigenvalue weighted by molar-refractivity contribution is -0.139. The van der Waals surface area contributed by atoms with Crippen LogP contribution in [0.4, 0.5) is 0 Å². The molecule has 1 atom stereocenters. The van der Waals surface area contributed by atoms with Gasteiger partial charge in [-0.25, -0.2) is 9.59 Å². The molecule has 0 aromatic heterocycles. The van der Waals surface area contributed by atoms with Crippen LogP contribution >= 0.6 is 0 Å². The van der Waals surface area contributed by atoms with Crippen LogP contribution < -0.4 is 10.5 Å². The standard InChI is InChI=1S/C22H27NO5/c23-14-13-17(10-5-4-9-16-7-2-1-3-8-16)18-11-6-12-19(22(26)27)21(18)28-15-20(24)25/h1-3,6-8,11-12,17H,4-5,9-10,13-15,23H2,(H,24,25)(H,26,27). The molecule has 0 saturated carbocycles. The van der Waals surface area contributed by atoms with Crippen LogP contribution in [-0.2, 0) is 11.2 Å². The highest BCUT2D eigenvalue weighted by Crippen LogP contribution is 2.35. The second-order valence-corrected chi connectivity index (χ2v) is 6.72. The van der Waals surface area contributed by atoms with Crippen molar-refractivity contribution in [2.45, 2.75) is 38.0 Å². The van der Waals surface area contributed by atoms with Crippen molar-refractivity contribution in [3.05, 3.63) is 65.2 Å². The summed E-state index contributed by atoms with van der Waals surface area (Å²) in [5.41, 5.74) is 7.76. The zero-order valence-electron chi connectivity index (χ0n) is 15.8. The van der Waals surface area contributed by atoms with Gasteiger partial charge in [0.1, 0.15) is 11.3 Å².